The third-order valence-corrected chi connectivity index (χ3v) is 6.90. The lowest BCUT2D eigenvalue weighted by Gasteiger charge is -2.26. The summed E-state index contributed by atoms with van der Waals surface area (Å²) >= 11 is -2.81. The number of aromatic nitrogens is 1. The third kappa shape index (κ3) is 4.77. The van der Waals surface area contributed by atoms with E-state index < -0.39 is 40.5 Å². The van der Waals surface area contributed by atoms with Gasteiger partial charge in [-0.2, -0.15) is 0 Å². The highest BCUT2D eigenvalue weighted by molar-refractivity contribution is 7.81. The molecule has 1 aliphatic heterocycles. The molecule has 2 N–H and O–H groups in total. The number of alkyl halides is 2. The van der Waals surface area contributed by atoms with E-state index in [0.717, 1.165) is 16.4 Å². The summed E-state index contributed by atoms with van der Waals surface area (Å²) in [4.78, 5) is 16.0. The van der Waals surface area contributed by atoms with Gasteiger partial charge in [0, 0.05) is 23.2 Å². The van der Waals surface area contributed by atoms with Crippen LogP contribution in [-0.4, -0.2) is 31.1 Å². The number of ether oxygens (including phenoxy) is 2. The minimum atomic E-state index is -3.99. The number of carboxylic acids is 1. The number of rotatable bonds is 5. The van der Waals surface area contributed by atoms with Crippen LogP contribution in [-0.2, 0) is 16.7 Å². The number of carbonyl (C=O) groups is 1. The molecule has 2 heterocycles. The van der Waals surface area contributed by atoms with Crippen molar-refractivity contribution in [1.82, 2.24) is 4.98 Å². The lowest BCUT2D eigenvalue weighted by atomic mass is 9.86. The predicted octanol–water partition coefficient (Wildman–Crippen LogP) is 6.63. The Kier molecular flexibility index (Phi) is 6.27. The molecule has 0 fully saturated rings. The first-order valence-corrected chi connectivity index (χ1v) is 12.6. The van der Waals surface area contributed by atoms with Gasteiger partial charge in [-0.05, 0) is 46.9 Å². The van der Waals surface area contributed by atoms with Crippen LogP contribution in [0, 0.1) is 5.82 Å². The molecule has 0 radical (unpaired) electrons. The van der Waals surface area contributed by atoms with Crippen molar-refractivity contribution in [3.8, 4) is 22.6 Å². The number of aromatic carboxylic acids is 1. The number of benzene rings is 3. The van der Waals surface area contributed by atoms with Crippen LogP contribution in [0.3, 0.4) is 0 Å². The Bertz CT molecular complexity index is 1670. The molecule has 8 nitrogen and oxygen atoms in total. The Balaban J connectivity index is 1.80. The number of anilines is 2. The molecule has 5 rings (SSSR count). The Morgan fingerprint density at radius 3 is 2.33 bits per heavy atom. The molecule has 4 aromatic rings. The summed E-state index contributed by atoms with van der Waals surface area (Å²) in [5.74, 6) is -2.63. The van der Waals surface area contributed by atoms with Gasteiger partial charge in [-0.15, -0.1) is 8.78 Å². The zero-order chi connectivity index (χ0) is 28.3. The Morgan fingerprint density at radius 2 is 1.72 bits per heavy atom. The van der Waals surface area contributed by atoms with Gasteiger partial charge in [0.05, 0.1) is 22.5 Å². The number of nitrogens with zero attached hydrogens (tertiary/aromatic N) is 2. The first-order chi connectivity index (χ1) is 18.3. The van der Waals surface area contributed by atoms with Gasteiger partial charge in [-0.1, -0.05) is 39.0 Å². The van der Waals surface area contributed by atoms with E-state index in [-0.39, 0.29) is 33.8 Å². The number of hydrogen-bond acceptors (Lipinski definition) is 5. The van der Waals surface area contributed by atoms with Gasteiger partial charge >= 0.3 is 12.3 Å². The van der Waals surface area contributed by atoms with Gasteiger partial charge in [-0.25, -0.2) is 17.7 Å². The van der Waals surface area contributed by atoms with Crippen molar-refractivity contribution in [3.05, 3.63) is 77.7 Å². The molecule has 3 aromatic carbocycles. The molecule has 1 aliphatic rings. The maximum absolute atomic E-state index is 15.1. The standard InChI is InChI=1S/C27H21F3N2O6S/c1-26(2,3)19-9-6-14(11-20(19)28)32(39(35)36)21-13-23-22(37-27(29,30)38-23)12-18(21)15-7-8-17(25(33)34)24-16(15)5-4-10-31-24/h4-13H,1-3H3,(H,33,34)(H,35,36). The summed E-state index contributed by atoms with van der Waals surface area (Å²) < 4.78 is 76.3. The molecule has 0 aliphatic carbocycles. The van der Waals surface area contributed by atoms with Gasteiger partial charge in [0.15, 0.2) is 11.5 Å². The molecule has 0 saturated carbocycles. The first-order valence-electron chi connectivity index (χ1n) is 11.5. The fourth-order valence-electron chi connectivity index (χ4n) is 4.50. The van der Waals surface area contributed by atoms with Crippen molar-refractivity contribution in [2.75, 3.05) is 4.31 Å². The van der Waals surface area contributed by atoms with Crippen LogP contribution in [0.25, 0.3) is 22.0 Å². The first kappa shape index (κ1) is 26.4. The second kappa shape index (κ2) is 9.24. The Hall–Kier alpha value is -4.16. The van der Waals surface area contributed by atoms with E-state index in [4.69, 9.17) is 0 Å². The zero-order valence-electron chi connectivity index (χ0n) is 20.7. The molecule has 0 saturated heterocycles. The van der Waals surface area contributed by atoms with Gasteiger partial charge in [0.1, 0.15) is 5.82 Å². The van der Waals surface area contributed by atoms with E-state index in [2.05, 4.69) is 14.5 Å². The van der Waals surface area contributed by atoms with Crippen LogP contribution in [0.1, 0.15) is 36.7 Å². The van der Waals surface area contributed by atoms with Crippen molar-refractivity contribution in [1.29, 1.82) is 0 Å². The lowest BCUT2D eigenvalue weighted by Crippen LogP contribution is -2.26. The largest absolute Gasteiger partial charge is 0.586 e. The SMILES string of the molecule is CC(C)(C)c1ccc(N(c2cc3c(cc2-c2ccc(C(=O)O)c4ncccc24)OC(F)(F)O3)S(=O)O)cc1F. The molecule has 1 atom stereocenters. The fourth-order valence-corrected chi connectivity index (χ4v) is 5.11. The highest BCUT2D eigenvalue weighted by atomic mass is 32.2. The minimum Gasteiger partial charge on any atom is -0.478 e. The number of fused-ring (bicyclic) bond motifs is 2. The molecule has 0 amide bonds. The second-order valence-corrected chi connectivity index (χ2v) is 10.6. The van der Waals surface area contributed by atoms with Crippen molar-refractivity contribution in [3.63, 3.8) is 0 Å². The van der Waals surface area contributed by atoms with Gasteiger partial charge in [0.2, 0.25) is 0 Å². The van der Waals surface area contributed by atoms with E-state index in [1.807, 2.05) is 20.8 Å². The molecule has 39 heavy (non-hydrogen) atoms. The quantitative estimate of drug-likeness (QED) is 0.265. The second-order valence-electron chi connectivity index (χ2n) is 9.79. The van der Waals surface area contributed by atoms with E-state index in [9.17, 15) is 27.4 Å². The topological polar surface area (TPSA) is 109 Å². The van der Waals surface area contributed by atoms with Crippen molar-refractivity contribution >= 4 is 39.5 Å². The van der Waals surface area contributed by atoms with Crippen molar-refractivity contribution in [2.45, 2.75) is 32.5 Å². The van der Waals surface area contributed by atoms with Crippen LogP contribution < -0.4 is 13.8 Å². The highest BCUT2D eigenvalue weighted by Gasteiger charge is 2.44. The maximum atomic E-state index is 15.1. The monoisotopic (exact) mass is 558 g/mol. The van der Waals surface area contributed by atoms with Crippen LogP contribution in [0.4, 0.5) is 24.5 Å². The van der Waals surface area contributed by atoms with Gasteiger partial charge in [-0.3, -0.25) is 9.54 Å². The number of hydrogen-bond donors (Lipinski definition) is 2. The van der Waals surface area contributed by atoms with Crippen LogP contribution in [0.5, 0.6) is 11.5 Å². The Labute approximate surface area is 223 Å². The fraction of sp³-hybridized carbons (Fsp3) is 0.185. The minimum absolute atomic E-state index is 0.0437. The molecule has 1 aromatic heterocycles. The molecular formula is C27H21F3N2O6S. The summed E-state index contributed by atoms with van der Waals surface area (Å²) in [5, 5.41) is 9.94. The van der Waals surface area contributed by atoms with Gasteiger partial charge in [0.25, 0.3) is 11.3 Å². The molecule has 0 spiro atoms. The smallest absolute Gasteiger partial charge is 0.478 e. The van der Waals surface area contributed by atoms with Gasteiger partial charge < -0.3 is 14.6 Å². The van der Waals surface area contributed by atoms with Crippen molar-refractivity contribution < 1.29 is 41.3 Å². The Morgan fingerprint density at radius 1 is 1.03 bits per heavy atom. The van der Waals surface area contributed by atoms with E-state index in [1.54, 1.807) is 12.1 Å². The predicted molar refractivity (Wildman–Crippen MR) is 138 cm³/mol. The normalized spacial score (nSPS) is 14.8. The summed E-state index contributed by atoms with van der Waals surface area (Å²) in [6, 6.07) is 12.1. The third-order valence-electron chi connectivity index (χ3n) is 6.18. The van der Waals surface area contributed by atoms with Crippen molar-refractivity contribution in [2.24, 2.45) is 0 Å². The summed E-state index contributed by atoms with van der Waals surface area (Å²) in [7, 11) is 0. The average molecular weight is 559 g/mol. The maximum Gasteiger partial charge on any atom is 0.586 e. The van der Waals surface area contributed by atoms with E-state index >= 15 is 4.39 Å². The number of carboxylic acid groups (broad SMARTS) is 1. The molecule has 1 unspecified atom stereocenters. The molecular weight excluding hydrogens is 537 g/mol. The molecule has 0 bridgehead atoms. The highest BCUT2D eigenvalue weighted by Crippen LogP contribution is 2.50. The number of halogens is 3. The average Bonchev–Trinajstić information content (AvgIpc) is 3.14. The van der Waals surface area contributed by atoms with Crippen LogP contribution in [0.2, 0.25) is 0 Å². The summed E-state index contributed by atoms with van der Waals surface area (Å²) in [5.41, 5.74) is 0.0552. The zero-order valence-corrected chi connectivity index (χ0v) is 21.6. The molecule has 12 heteroatoms. The number of pyridine rings is 1. The van der Waals surface area contributed by atoms with E-state index in [0.29, 0.717) is 16.5 Å². The van der Waals surface area contributed by atoms with E-state index in [1.165, 1.54) is 36.5 Å². The molecule has 202 valence electrons. The summed E-state index contributed by atoms with van der Waals surface area (Å²) in [6.45, 7) is 5.43. The van der Waals surface area contributed by atoms with Crippen LogP contribution >= 0.6 is 0 Å². The van der Waals surface area contributed by atoms with Crippen LogP contribution in [0.15, 0.2) is 60.8 Å². The summed E-state index contributed by atoms with van der Waals surface area (Å²) in [6.07, 6.45) is -2.59. The lowest BCUT2D eigenvalue weighted by molar-refractivity contribution is -0.286.